The molecule has 0 aliphatic carbocycles. The number of phenols is 1. The Balaban J connectivity index is 0.000000239. The number of aryl methyl sites for hydroxylation is 5. The van der Waals surface area contributed by atoms with Crippen LogP contribution in [0.1, 0.15) is 144 Å². The number of aromatic hydroxyl groups is 1. The van der Waals surface area contributed by atoms with Gasteiger partial charge in [-0.1, -0.05) is 91.0 Å². The van der Waals surface area contributed by atoms with Crippen molar-refractivity contribution in [2.75, 3.05) is 32.3 Å². The van der Waals surface area contributed by atoms with Crippen LogP contribution in [0.4, 0.5) is 0 Å². The van der Waals surface area contributed by atoms with Crippen molar-refractivity contribution >= 4 is 99.1 Å². The van der Waals surface area contributed by atoms with Crippen LogP contribution in [0.15, 0.2) is 267 Å². The number of hydrogen-bond donors (Lipinski definition) is 14. The van der Waals surface area contributed by atoms with Crippen LogP contribution in [0.3, 0.4) is 0 Å². The second-order valence-electron chi connectivity index (χ2n) is 28.9. The van der Waals surface area contributed by atoms with E-state index in [1.165, 1.54) is 36.4 Å². The summed E-state index contributed by atoms with van der Waals surface area (Å²) in [6.45, 7) is 16.1. The van der Waals surface area contributed by atoms with E-state index >= 15 is 0 Å². The van der Waals surface area contributed by atoms with Crippen molar-refractivity contribution in [1.82, 2.24) is 55.2 Å². The summed E-state index contributed by atoms with van der Waals surface area (Å²) < 4.78 is 37.5. The van der Waals surface area contributed by atoms with Gasteiger partial charge in [0.05, 0.1) is 30.8 Å². The number of aromatic nitrogens is 10. The molecule has 16 rings (SSSR count). The van der Waals surface area contributed by atoms with Crippen LogP contribution >= 0.6 is 53.3 Å². The first-order chi connectivity index (χ1) is 63.2. The van der Waals surface area contributed by atoms with Gasteiger partial charge in [0.1, 0.15) is 103 Å². The van der Waals surface area contributed by atoms with Gasteiger partial charge in [-0.25, -0.2) is 58.9 Å². The quantitative estimate of drug-likeness (QED) is 0.00412. The van der Waals surface area contributed by atoms with E-state index in [-0.39, 0.29) is 121 Å². The van der Waals surface area contributed by atoms with Gasteiger partial charge in [0.25, 0.3) is 5.24 Å². The number of ketones is 4. The number of benzene rings is 9. The molecule has 0 bridgehead atoms. The average molecular weight is 2040 g/mol. The van der Waals surface area contributed by atoms with E-state index in [2.05, 4.69) is 55.2 Å². The van der Waals surface area contributed by atoms with Gasteiger partial charge in [-0.05, 0) is 222 Å². The van der Waals surface area contributed by atoms with Crippen LogP contribution in [0.5, 0.6) is 34.5 Å². The predicted molar refractivity (Wildman–Crippen MR) is 509 cm³/mol. The number of epoxide rings is 2. The maximum atomic E-state index is 12.3. The van der Waals surface area contributed by atoms with E-state index in [1.807, 2.05) is 112 Å². The van der Waals surface area contributed by atoms with Gasteiger partial charge in [-0.15, -0.1) is 11.6 Å². The van der Waals surface area contributed by atoms with Gasteiger partial charge >= 0.3 is 45.8 Å². The van der Waals surface area contributed by atoms with E-state index in [0.29, 0.717) is 112 Å². The third kappa shape index (κ3) is 39.5. The normalized spacial score (nSPS) is 12.2. The minimum Gasteiger partial charge on any atom is -0.508 e. The molecule has 32 nitrogen and oxygen atoms in total. The Hall–Kier alpha value is -12.9. The van der Waals surface area contributed by atoms with E-state index in [9.17, 15) is 57.8 Å². The average Bonchev–Trinajstić information content (AvgIpc) is 1.71. The number of hydrogen-bond acceptors (Lipinski definition) is 21. The number of carboxylic acids is 1. The van der Waals surface area contributed by atoms with Gasteiger partial charge < -0.3 is 106 Å². The van der Waals surface area contributed by atoms with Gasteiger partial charge in [0.2, 0.25) is 23.1 Å². The molecular weight excluding hydrogens is 1940 g/mol. The van der Waals surface area contributed by atoms with Gasteiger partial charge in [-0.3, -0.25) is 29.3 Å². The Bertz CT molecular complexity index is 6180. The molecule has 3 atom stereocenters. The third-order valence-electron chi connectivity index (χ3n) is 18.0. The smallest absolute Gasteiger partial charge is 0.508 e. The molecule has 7 heterocycles. The largest absolute Gasteiger partial charge is 0.643 e. The Kier molecular flexibility index (Phi) is 46.6. The van der Waals surface area contributed by atoms with Crippen LogP contribution < -0.4 is 57.4 Å². The van der Waals surface area contributed by atoms with Crippen molar-refractivity contribution in [3.05, 3.63) is 404 Å². The molecule has 2 saturated heterocycles. The zero-order valence-corrected chi connectivity index (χ0v) is 80.0. The van der Waals surface area contributed by atoms with E-state index in [1.54, 1.807) is 143 Å². The third-order valence-corrected chi connectivity index (χ3v) is 18.6. The fourth-order valence-electron chi connectivity index (χ4n) is 11.2. The molecule has 9 aromatic carbocycles. The summed E-state index contributed by atoms with van der Waals surface area (Å²) in [6.07, 6.45) is 1.46. The number of ether oxygens (including phenoxy) is 7. The van der Waals surface area contributed by atoms with Crippen LogP contribution in [0.2, 0.25) is 0 Å². The standard InChI is InChI=1S/C18H16N2O3.C16H21N3O4.C14H11ClO2.C14H14N2O4.C14H12O3.C11H10N2O3.C4H6N2O.C3H5ClO.CH3.Al.3ClH.Pd/c1-12-16(20-18(22)19-12)17(21)14-7-9-15(10-8-14)23-11-13-5-3-2-4-6-13;1-9(2)17-13(20)8-23-12-6-4-11(5-7-12)15(21)14-10(3)18-16(22)19-14;15-14(16)12-6-8-13(9-7-12)17-10-11-4-2-1-3-5-11;1-8-12(16-14(18)15-8)13(17)9-2-4-10(5-3-9)19-6-11-7-20-11;15-14(16)12-6-8-13(9-7-12)17-10-11-4-2-1-3-5-11;1-6-9(13-11(16)12-6)10(15)7-2-4-8(14)5-3-7;1-3-2-5-4(7)6-3;4-1-3-2-5-3;;;;;;/h2-10H,11H2,1H3,(H2,19,20,22);4-7,9,13,17,20H,8H2,1-3H3,(H2,18,19,22);1-9H,10H2;2-5,11H,6-7H2,1H3,(H2,15,16,18);1-9H,10H2,(H,15,16);2-5,14H,1H3,(H2,12,13,16);2H,1H3,(H2,5,6,7);3H,1-2H2;1H3;;3*1H;/q;;;;;;;;-1;+3;;;;/p-3. The summed E-state index contributed by atoms with van der Waals surface area (Å²) >= 11 is 8.90. The Morgan fingerprint density at radius 3 is 0.933 bits per heavy atom. The fourth-order valence-corrected chi connectivity index (χ4v) is 11.5. The number of aromatic carboxylic acids is 1. The predicted octanol–water partition coefficient (Wildman–Crippen LogP) is 15.1. The number of aromatic amines is 10. The summed E-state index contributed by atoms with van der Waals surface area (Å²) in [6, 6.07) is 68.9. The number of phenolic OH excluding ortho intramolecular Hbond substituents is 1. The fraction of sp³-hybridized carbons (Fsp3) is 0.200. The molecule has 14 aromatic rings. The summed E-state index contributed by atoms with van der Waals surface area (Å²) in [4.78, 5) is 150. The first-order valence-corrected chi connectivity index (χ1v) is 46.5. The minimum atomic E-state index is -1.72. The Morgan fingerprint density at radius 2 is 0.701 bits per heavy atom. The second-order valence-corrected chi connectivity index (χ2v) is 36.0. The number of halogens is 5. The molecule has 134 heavy (non-hydrogen) atoms. The number of aliphatic hydroxyl groups excluding tert-OH is 1. The summed E-state index contributed by atoms with van der Waals surface area (Å²) in [7, 11) is 14.8. The molecule has 0 saturated carbocycles. The van der Waals surface area contributed by atoms with Crippen LogP contribution in [0, 0.1) is 42.0 Å². The topological polar surface area (TPSA) is 490 Å². The van der Waals surface area contributed by atoms with Crippen LogP contribution in [-0.4, -0.2) is 168 Å². The Morgan fingerprint density at radius 1 is 0.418 bits per heavy atom. The molecule has 2 aliphatic heterocycles. The van der Waals surface area contributed by atoms with Crippen molar-refractivity contribution in [2.45, 2.75) is 92.8 Å². The first-order valence-electron chi connectivity index (χ1n) is 40.4. The van der Waals surface area contributed by atoms with Crippen molar-refractivity contribution in [3.63, 3.8) is 0 Å². The molecule has 5 aromatic heterocycles. The van der Waals surface area contributed by atoms with Gasteiger partial charge in [-0.2, -0.15) is 0 Å². The van der Waals surface area contributed by atoms with Crippen LogP contribution in [-0.2, 0) is 49.7 Å². The zero-order valence-electron chi connectivity index (χ0n) is 73.5. The second kappa shape index (κ2) is 56.9. The van der Waals surface area contributed by atoms with E-state index in [0.717, 1.165) is 41.3 Å². The van der Waals surface area contributed by atoms with Crippen molar-refractivity contribution < 1.29 is 97.7 Å². The molecule has 39 heteroatoms. The molecule has 2 aliphatic rings. The summed E-state index contributed by atoms with van der Waals surface area (Å²) in [5.74, 6) is 2.13. The number of aliphatic hydroxyl groups is 1. The maximum Gasteiger partial charge on any atom is 0.643 e. The van der Waals surface area contributed by atoms with E-state index < -0.39 is 40.2 Å². The minimum absolute atomic E-state index is 0. The molecular formula is C95H98AlCl5N11O21Pd-. The molecule has 0 radical (unpaired) electrons. The molecule has 3 unspecified atom stereocenters. The van der Waals surface area contributed by atoms with Crippen molar-refractivity contribution in [3.8, 4) is 34.5 Å². The van der Waals surface area contributed by atoms with Crippen molar-refractivity contribution in [2.24, 2.45) is 0 Å². The number of rotatable bonds is 28. The monoisotopic (exact) mass is 2040 g/mol. The number of carbonyl (C=O) groups excluding carboxylic acids is 5. The Labute approximate surface area is 809 Å². The number of nitrogens with one attached hydrogen (secondary N) is 11. The molecule has 2 fully saturated rings. The molecule has 708 valence electrons. The number of carbonyl (C=O) groups is 6. The summed E-state index contributed by atoms with van der Waals surface area (Å²) in [5, 5.41) is 30.0. The van der Waals surface area contributed by atoms with Crippen molar-refractivity contribution in [1.29, 1.82) is 0 Å². The number of imidazole rings is 5. The molecule has 14 N–H and O–H groups in total. The number of carboxylic acid groups (broad SMARTS) is 1. The zero-order chi connectivity index (χ0) is 95.8. The van der Waals surface area contributed by atoms with Gasteiger partial charge in [0.15, 0.2) is 0 Å². The number of H-pyrrole nitrogens is 10. The first kappa shape index (κ1) is 110. The number of alkyl halides is 1. The van der Waals surface area contributed by atoms with E-state index in [4.69, 9.17) is 96.7 Å². The SMILES string of the molecule is Cc1[nH]c(=O)[nH]c1C(=O)c1ccc(O)cc1.Cc1[nH]c(=O)[nH]c1C(=O)c1ccc(OCC(O)NC(C)C)cc1.Cc1[nH]c(=O)[nH]c1C(=O)c1ccc(OCC2CO2)cc1.Cc1[nH]c(=O)[nH]c1C(=O)c1ccc(OCc2ccccc2)cc1.Cc1c[nH]c(=O)[nH]1.ClCC1CO1.O=C(Cl)c1ccc(OCc2ccccc2)cc1.O=C(O)c1ccc(OCc2ccccc2)cc1.[CH3-].[Cl][Al]([Cl])[Cl].[Pd]. The van der Waals surface area contributed by atoms with Gasteiger partial charge in [0, 0.05) is 88.9 Å². The maximum absolute atomic E-state index is 12.3. The molecule has 0 spiro atoms. The molecule has 0 amide bonds. The van der Waals surface area contributed by atoms with Crippen LogP contribution in [0.25, 0.3) is 0 Å². The summed E-state index contributed by atoms with van der Waals surface area (Å²) in [5.41, 5.74) is 8.13.